The zero-order valence-electron chi connectivity index (χ0n) is 14.0. The summed E-state index contributed by atoms with van der Waals surface area (Å²) in [5.41, 5.74) is 1.95. The second-order valence-corrected chi connectivity index (χ2v) is 7.97. The lowest BCUT2D eigenvalue weighted by atomic mass is 10.1. The van der Waals surface area contributed by atoms with Gasteiger partial charge in [-0.05, 0) is 42.3 Å². The second-order valence-electron chi connectivity index (χ2n) is 5.83. The lowest BCUT2D eigenvalue weighted by Crippen LogP contribution is -2.29. The molecule has 1 atom stereocenters. The van der Waals surface area contributed by atoms with Gasteiger partial charge in [0, 0.05) is 17.1 Å². The second kappa shape index (κ2) is 7.63. The number of furan rings is 1. The fourth-order valence-electron chi connectivity index (χ4n) is 2.58. The van der Waals surface area contributed by atoms with E-state index < -0.39 is 16.1 Å². The van der Waals surface area contributed by atoms with Gasteiger partial charge in [0.1, 0.15) is 5.76 Å². The monoisotopic (exact) mass is 391 g/mol. The quantitative estimate of drug-likeness (QED) is 0.667. The standard InChI is InChI=1S/C19H18ClNO4S/c1-13-16(20)4-2-6-19(13)26(23,24)21-12-17(22)14-7-9-15(10-8-14)18-5-3-11-25-18/h2-11,17,21-22H,12H2,1H3/t17-/m1/s1. The van der Waals surface area contributed by atoms with Gasteiger partial charge in [0.15, 0.2) is 0 Å². The van der Waals surface area contributed by atoms with Crippen molar-refractivity contribution >= 4 is 21.6 Å². The van der Waals surface area contributed by atoms with E-state index in [0.29, 0.717) is 16.1 Å². The van der Waals surface area contributed by atoms with E-state index in [-0.39, 0.29) is 11.4 Å². The van der Waals surface area contributed by atoms with Crippen LogP contribution in [0.4, 0.5) is 0 Å². The summed E-state index contributed by atoms with van der Waals surface area (Å²) < 4.78 is 32.7. The topological polar surface area (TPSA) is 79.5 Å². The van der Waals surface area contributed by atoms with Gasteiger partial charge in [-0.25, -0.2) is 13.1 Å². The van der Waals surface area contributed by atoms with Crippen molar-refractivity contribution in [3.05, 3.63) is 77.0 Å². The number of hydrogen-bond acceptors (Lipinski definition) is 4. The minimum Gasteiger partial charge on any atom is -0.464 e. The van der Waals surface area contributed by atoms with Gasteiger partial charge in [0.2, 0.25) is 10.0 Å². The summed E-state index contributed by atoms with van der Waals surface area (Å²) in [5.74, 6) is 0.725. The van der Waals surface area contributed by atoms with Crippen molar-refractivity contribution in [3.63, 3.8) is 0 Å². The van der Waals surface area contributed by atoms with Gasteiger partial charge in [-0.1, -0.05) is 41.9 Å². The molecule has 136 valence electrons. The van der Waals surface area contributed by atoms with Crippen LogP contribution in [0.2, 0.25) is 5.02 Å². The summed E-state index contributed by atoms with van der Waals surface area (Å²) >= 11 is 5.99. The predicted molar refractivity (Wildman–Crippen MR) is 100 cm³/mol. The smallest absolute Gasteiger partial charge is 0.240 e. The molecule has 0 bridgehead atoms. The number of aliphatic hydroxyl groups excluding tert-OH is 1. The van der Waals surface area contributed by atoms with Crippen molar-refractivity contribution in [1.82, 2.24) is 4.72 Å². The third kappa shape index (κ3) is 3.99. The van der Waals surface area contributed by atoms with Crippen molar-refractivity contribution in [1.29, 1.82) is 0 Å². The molecule has 3 aromatic rings. The van der Waals surface area contributed by atoms with Gasteiger partial charge >= 0.3 is 0 Å². The normalized spacial score (nSPS) is 12.9. The molecule has 7 heteroatoms. The van der Waals surface area contributed by atoms with Crippen LogP contribution in [-0.4, -0.2) is 20.1 Å². The molecule has 0 amide bonds. The van der Waals surface area contributed by atoms with E-state index in [1.165, 1.54) is 6.07 Å². The van der Waals surface area contributed by atoms with Crippen molar-refractivity contribution in [2.45, 2.75) is 17.9 Å². The van der Waals surface area contributed by atoms with Gasteiger partial charge < -0.3 is 9.52 Å². The van der Waals surface area contributed by atoms with Gasteiger partial charge in [0.05, 0.1) is 17.3 Å². The first-order chi connectivity index (χ1) is 12.4. The van der Waals surface area contributed by atoms with E-state index in [0.717, 1.165) is 11.3 Å². The molecule has 0 aliphatic rings. The summed E-state index contributed by atoms with van der Waals surface area (Å²) in [5, 5.41) is 10.7. The number of halogens is 1. The van der Waals surface area contributed by atoms with Crippen molar-refractivity contribution < 1.29 is 17.9 Å². The zero-order chi connectivity index (χ0) is 18.7. The lowest BCUT2D eigenvalue weighted by Gasteiger charge is -2.14. The summed E-state index contributed by atoms with van der Waals surface area (Å²) in [6.07, 6.45) is 0.611. The van der Waals surface area contributed by atoms with Crippen LogP contribution in [0.15, 0.2) is 70.2 Å². The molecule has 0 aliphatic heterocycles. The molecule has 5 nitrogen and oxygen atoms in total. The fourth-order valence-corrected chi connectivity index (χ4v) is 4.11. The highest BCUT2D eigenvalue weighted by atomic mass is 35.5. The summed E-state index contributed by atoms with van der Waals surface area (Å²) in [6.45, 7) is 1.50. The third-order valence-electron chi connectivity index (χ3n) is 4.08. The average molecular weight is 392 g/mol. The average Bonchev–Trinajstić information content (AvgIpc) is 3.17. The van der Waals surface area contributed by atoms with Crippen LogP contribution in [-0.2, 0) is 10.0 Å². The highest BCUT2D eigenvalue weighted by Crippen LogP contribution is 2.24. The van der Waals surface area contributed by atoms with E-state index in [9.17, 15) is 13.5 Å². The highest BCUT2D eigenvalue weighted by molar-refractivity contribution is 7.89. The van der Waals surface area contributed by atoms with E-state index in [2.05, 4.69) is 4.72 Å². The molecule has 0 aliphatic carbocycles. The number of nitrogens with one attached hydrogen (secondary N) is 1. The maximum atomic E-state index is 12.5. The molecular weight excluding hydrogens is 374 g/mol. The van der Waals surface area contributed by atoms with Crippen molar-refractivity contribution in [2.75, 3.05) is 6.54 Å². The van der Waals surface area contributed by atoms with Gasteiger partial charge in [-0.15, -0.1) is 0 Å². The van der Waals surface area contributed by atoms with Crippen LogP contribution in [0.25, 0.3) is 11.3 Å². The Labute approximate surface area is 157 Å². The zero-order valence-corrected chi connectivity index (χ0v) is 15.6. The van der Waals surface area contributed by atoms with E-state index in [4.69, 9.17) is 16.0 Å². The maximum absolute atomic E-state index is 12.5. The molecule has 0 radical (unpaired) electrons. The first-order valence-electron chi connectivity index (χ1n) is 7.95. The molecule has 2 aromatic carbocycles. The Balaban J connectivity index is 1.70. The van der Waals surface area contributed by atoms with Crippen LogP contribution in [0, 0.1) is 6.92 Å². The molecule has 26 heavy (non-hydrogen) atoms. The molecule has 1 aromatic heterocycles. The molecular formula is C19H18ClNO4S. The van der Waals surface area contributed by atoms with Crippen LogP contribution >= 0.6 is 11.6 Å². The Morgan fingerprint density at radius 1 is 1.12 bits per heavy atom. The lowest BCUT2D eigenvalue weighted by molar-refractivity contribution is 0.182. The maximum Gasteiger partial charge on any atom is 0.240 e. The summed E-state index contributed by atoms with van der Waals surface area (Å²) in [7, 11) is -3.77. The molecule has 3 rings (SSSR count). The molecule has 0 saturated heterocycles. The molecule has 0 fully saturated rings. The molecule has 0 saturated carbocycles. The predicted octanol–water partition coefficient (Wildman–Crippen LogP) is 3.92. The first kappa shape index (κ1) is 18.7. The Hall–Kier alpha value is -2.12. The third-order valence-corrected chi connectivity index (χ3v) is 6.05. The van der Waals surface area contributed by atoms with Crippen LogP contribution in [0.5, 0.6) is 0 Å². The number of aliphatic hydroxyl groups is 1. The van der Waals surface area contributed by atoms with E-state index in [1.807, 2.05) is 18.2 Å². The number of hydrogen-bond donors (Lipinski definition) is 2. The Morgan fingerprint density at radius 3 is 2.50 bits per heavy atom. The number of benzene rings is 2. The van der Waals surface area contributed by atoms with Gasteiger partial charge in [-0.2, -0.15) is 0 Å². The molecule has 0 unspecified atom stereocenters. The number of sulfonamides is 1. The summed E-state index contributed by atoms with van der Waals surface area (Å²) in [6, 6.07) is 15.4. The molecule has 0 spiro atoms. The van der Waals surface area contributed by atoms with Gasteiger partial charge in [0.25, 0.3) is 0 Å². The largest absolute Gasteiger partial charge is 0.464 e. The van der Waals surface area contributed by atoms with E-state index in [1.54, 1.807) is 43.5 Å². The van der Waals surface area contributed by atoms with Crippen LogP contribution in [0.1, 0.15) is 17.2 Å². The van der Waals surface area contributed by atoms with Gasteiger partial charge in [-0.3, -0.25) is 0 Å². The molecule has 1 heterocycles. The number of rotatable bonds is 6. The fraction of sp³-hybridized carbons (Fsp3) is 0.158. The minimum absolute atomic E-state index is 0.102. The van der Waals surface area contributed by atoms with E-state index >= 15 is 0 Å². The van der Waals surface area contributed by atoms with Crippen LogP contribution in [0.3, 0.4) is 0 Å². The Bertz CT molecular complexity index is 983. The minimum atomic E-state index is -3.77. The van der Waals surface area contributed by atoms with Crippen molar-refractivity contribution in [3.8, 4) is 11.3 Å². The molecule has 2 N–H and O–H groups in total. The van der Waals surface area contributed by atoms with Crippen molar-refractivity contribution in [2.24, 2.45) is 0 Å². The highest BCUT2D eigenvalue weighted by Gasteiger charge is 2.19. The Morgan fingerprint density at radius 2 is 1.85 bits per heavy atom. The SMILES string of the molecule is Cc1c(Cl)cccc1S(=O)(=O)NC[C@@H](O)c1ccc(-c2ccco2)cc1. The first-order valence-corrected chi connectivity index (χ1v) is 9.81. The Kier molecular flexibility index (Phi) is 5.48. The van der Waals surface area contributed by atoms with Crippen LogP contribution < -0.4 is 4.72 Å². The summed E-state index contributed by atoms with van der Waals surface area (Å²) in [4.78, 5) is 0.102.